The molecule has 35 heavy (non-hydrogen) atoms. The van der Waals surface area contributed by atoms with Crippen LogP contribution in [0, 0.1) is 10.1 Å². The quantitative estimate of drug-likeness (QED) is 0.225. The van der Waals surface area contributed by atoms with Crippen molar-refractivity contribution in [2.24, 2.45) is 0 Å². The zero-order valence-electron chi connectivity index (χ0n) is 18.9. The van der Waals surface area contributed by atoms with Crippen molar-refractivity contribution in [2.75, 3.05) is 7.11 Å². The molecule has 0 radical (unpaired) electrons. The fraction of sp³-hybridized carbons (Fsp3) is 0.154. The minimum atomic E-state index is -0.383. The summed E-state index contributed by atoms with van der Waals surface area (Å²) in [5.41, 5.74) is 3.64. The van der Waals surface area contributed by atoms with Crippen LogP contribution in [0.1, 0.15) is 29.0 Å². The molecule has 2 aromatic heterocycles. The van der Waals surface area contributed by atoms with E-state index in [4.69, 9.17) is 17.0 Å². The molecule has 5 rings (SSSR count). The van der Waals surface area contributed by atoms with E-state index in [-0.39, 0.29) is 22.7 Å². The lowest BCUT2D eigenvalue weighted by atomic mass is 10.0. The van der Waals surface area contributed by atoms with Crippen LogP contribution in [0.25, 0.3) is 5.69 Å². The molecule has 176 valence electrons. The molecule has 0 unspecified atom stereocenters. The van der Waals surface area contributed by atoms with Crippen molar-refractivity contribution in [1.29, 1.82) is 0 Å². The maximum absolute atomic E-state index is 11.4. The van der Waals surface area contributed by atoms with E-state index in [1.807, 2.05) is 71.4 Å². The summed E-state index contributed by atoms with van der Waals surface area (Å²) in [6.45, 7) is 0.573. The number of methoxy groups -OCH3 is 1. The highest BCUT2D eigenvalue weighted by atomic mass is 32.1. The molecule has 1 N–H and O–H groups in total. The van der Waals surface area contributed by atoms with Crippen molar-refractivity contribution < 1.29 is 9.66 Å². The van der Waals surface area contributed by atoms with E-state index in [9.17, 15) is 10.1 Å². The lowest BCUT2D eigenvalue weighted by Crippen LogP contribution is -2.30. The first-order valence-electron chi connectivity index (χ1n) is 11.1. The first-order valence-corrected chi connectivity index (χ1v) is 11.5. The Labute approximate surface area is 207 Å². The van der Waals surface area contributed by atoms with E-state index in [1.165, 1.54) is 6.07 Å². The van der Waals surface area contributed by atoms with E-state index < -0.39 is 0 Å². The first-order chi connectivity index (χ1) is 17.0. The number of nitro benzene ring substituents is 1. The maximum atomic E-state index is 11.4. The molecular weight excluding hydrogens is 462 g/mol. The van der Waals surface area contributed by atoms with Gasteiger partial charge in [-0.05, 0) is 60.2 Å². The Morgan fingerprint density at radius 1 is 1.09 bits per heavy atom. The van der Waals surface area contributed by atoms with Gasteiger partial charge in [-0.15, -0.1) is 0 Å². The van der Waals surface area contributed by atoms with E-state index in [0.29, 0.717) is 17.3 Å². The van der Waals surface area contributed by atoms with Gasteiger partial charge in [0.1, 0.15) is 5.75 Å². The van der Waals surface area contributed by atoms with E-state index in [2.05, 4.69) is 15.2 Å². The topological polar surface area (TPSA) is 85.5 Å². The highest BCUT2D eigenvalue weighted by Gasteiger charge is 2.41. The number of non-ortho nitro benzene ring substituents is 1. The number of benzene rings is 2. The summed E-state index contributed by atoms with van der Waals surface area (Å²) in [5, 5.41) is 15.5. The third-order valence-corrected chi connectivity index (χ3v) is 6.46. The minimum Gasteiger partial charge on any atom is -0.497 e. The predicted molar refractivity (Wildman–Crippen MR) is 136 cm³/mol. The summed E-state index contributed by atoms with van der Waals surface area (Å²) in [6, 6.07) is 23.9. The number of nitrogens with one attached hydrogen (secondary N) is 1. The number of pyridine rings is 1. The zero-order valence-corrected chi connectivity index (χ0v) is 19.8. The molecule has 0 saturated carbocycles. The third kappa shape index (κ3) is 4.45. The van der Waals surface area contributed by atoms with Crippen LogP contribution >= 0.6 is 12.2 Å². The van der Waals surface area contributed by atoms with Gasteiger partial charge in [0, 0.05) is 36.8 Å². The summed E-state index contributed by atoms with van der Waals surface area (Å²) in [5.74, 6) is 0.790. The zero-order chi connectivity index (χ0) is 24.4. The van der Waals surface area contributed by atoms with Gasteiger partial charge in [0.25, 0.3) is 5.69 Å². The van der Waals surface area contributed by atoms with Crippen molar-refractivity contribution in [2.45, 2.75) is 18.6 Å². The molecule has 8 nitrogen and oxygen atoms in total. The van der Waals surface area contributed by atoms with Crippen molar-refractivity contribution >= 4 is 23.0 Å². The minimum absolute atomic E-state index is 0.0404. The van der Waals surface area contributed by atoms with Crippen LogP contribution in [0.5, 0.6) is 5.75 Å². The number of aromatic nitrogens is 2. The Balaban J connectivity index is 1.58. The van der Waals surface area contributed by atoms with Crippen molar-refractivity contribution in [3.8, 4) is 11.4 Å². The lowest BCUT2D eigenvalue weighted by Gasteiger charge is -2.29. The average Bonchev–Trinajstić information content (AvgIpc) is 3.49. The monoisotopic (exact) mass is 485 g/mol. The van der Waals surface area contributed by atoms with Crippen molar-refractivity contribution in [3.05, 3.63) is 118 Å². The molecule has 0 bridgehead atoms. The molecule has 0 amide bonds. The number of nitro groups is 1. The van der Waals surface area contributed by atoms with Crippen LogP contribution < -0.4 is 10.1 Å². The van der Waals surface area contributed by atoms with Gasteiger partial charge in [0.05, 0.1) is 35.5 Å². The number of hydrogen-bond acceptors (Lipinski definition) is 5. The van der Waals surface area contributed by atoms with E-state index >= 15 is 0 Å². The Kier molecular flexibility index (Phi) is 6.15. The van der Waals surface area contributed by atoms with Crippen LogP contribution in [0.15, 0.2) is 91.3 Å². The second-order valence-electron chi connectivity index (χ2n) is 8.18. The normalized spacial score (nSPS) is 17.3. The fourth-order valence-electron chi connectivity index (χ4n) is 4.45. The van der Waals surface area contributed by atoms with Gasteiger partial charge in [-0.1, -0.05) is 24.3 Å². The second kappa shape index (κ2) is 9.55. The largest absolute Gasteiger partial charge is 0.497 e. The molecule has 1 aliphatic rings. The first kappa shape index (κ1) is 22.5. The van der Waals surface area contributed by atoms with E-state index in [1.54, 1.807) is 25.4 Å². The molecule has 9 heteroatoms. The van der Waals surface area contributed by atoms with Crippen LogP contribution in [-0.2, 0) is 6.54 Å². The summed E-state index contributed by atoms with van der Waals surface area (Å²) < 4.78 is 7.27. The van der Waals surface area contributed by atoms with Gasteiger partial charge in [0.2, 0.25) is 0 Å². The van der Waals surface area contributed by atoms with Crippen LogP contribution in [0.3, 0.4) is 0 Å². The van der Waals surface area contributed by atoms with Gasteiger partial charge < -0.3 is 19.5 Å². The summed E-state index contributed by atoms with van der Waals surface area (Å²) in [4.78, 5) is 17.7. The van der Waals surface area contributed by atoms with Crippen molar-refractivity contribution in [1.82, 2.24) is 19.8 Å². The maximum Gasteiger partial charge on any atom is 0.271 e. The average molecular weight is 486 g/mol. The number of nitrogens with zero attached hydrogens (tertiary/aromatic N) is 4. The van der Waals surface area contributed by atoms with E-state index in [0.717, 1.165) is 22.7 Å². The molecule has 0 spiro atoms. The molecule has 4 aromatic rings. The van der Waals surface area contributed by atoms with Gasteiger partial charge in [-0.3, -0.25) is 15.1 Å². The highest BCUT2D eigenvalue weighted by Crippen LogP contribution is 2.40. The van der Waals surface area contributed by atoms with Gasteiger partial charge in [0.15, 0.2) is 5.11 Å². The smallest absolute Gasteiger partial charge is 0.271 e. The number of ether oxygens (including phenoxy) is 1. The standard InChI is InChI=1S/C26H23N5O3S/c1-34-21-12-10-18(11-13-21)17-30-25(24(28-26(30)35)22-8-2-3-14-27-22)23-9-5-15-29(23)19-6-4-7-20(16-19)31(32)33/h2-16,24-25H,17H2,1H3,(H,28,35)/t24-,25-/m1/s1. The SMILES string of the molecule is COc1ccc(CN2C(=S)N[C@H](c3ccccn3)[C@H]2c2cccn2-c2cccc([N+](=O)[O-])c2)cc1. The van der Waals surface area contributed by atoms with Crippen molar-refractivity contribution in [3.63, 3.8) is 0 Å². The summed E-state index contributed by atoms with van der Waals surface area (Å²) in [6.07, 6.45) is 3.68. The molecule has 3 heterocycles. The highest BCUT2D eigenvalue weighted by molar-refractivity contribution is 7.80. The lowest BCUT2D eigenvalue weighted by molar-refractivity contribution is -0.384. The Bertz CT molecular complexity index is 1360. The molecule has 2 atom stereocenters. The molecule has 2 aromatic carbocycles. The second-order valence-corrected chi connectivity index (χ2v) is 8.57. The molecule has 1 fully saturated rings. The number of thiocarbonyl (C=S) groups is 1. The Morgan fingerprint density at radius 2 is 1.91 bits per heavy atom. The third-order valence-electron chi connectivity index (χ3n) is 6.11. The summed E-state index contributed by atoms with van der Waals surface area (Å²) in [7, 11) is 1.64. The molecule has 0 aliphatic carbocycles. The predicted octanol–water partition coefficient (Wildman–Crippen LogP) is 4.96. The van der Waals surface area contributed by atoms with Gasteiger partial charge in [-0.2, -0.15) is 0 Å². The van der Waals surface area contributed by atoms with Gasteiger partial charge in [-0.25, -0.2) is 0 Å². The Hall–Kier alpha value is -4.24. The fourth-order valence-corrected chi connectivity index (χ4v) is 4.76. The van der Waals surface area contributed by atoms with Crippen LogP contribution in [0.4, 0.5) is 5.69 Å². The molecular formula is C26H23N5O3S. The Morgan fingerprint density at radius 3 is 2.63 bits per heavy atom. The molecule has 1 aliphatic heterocycles. The molecule has 1 saturated heterocycles. The van der Waals surface area contributed by atoms with Crippen LogP contribution in [0.2, 0.25) is 0 Å². The van der Waals surface area contributed by atoms with Gasteiger partial charge >= 0.3 is 0 Å². The number of hydrogen-bond donors (Lipinski definition) is 1. The summed E-state index contributed by atoms with van der Waals surface area (Å²) >= 11 is 5.80. The van der Waals surface area contributed by atoms with Crippen LogP contribution in [-0.4, -0.2) is 31.6 Å². The number of rotatable bonds is 7.